The molecule has 1 aromatic carbocycles. The molecule has 0 unspecified atom stereocenters. The molecule has 1 aliphatic carbocycles. The van der Waals surface area contributed by atoms with Gasteiger partial charge in [0, 0.05) is 24.8 Å². The Labute approximate surface area is 119 Å². The SMILES string of the molecule is c1cc(CNC2CC2)nc(N2CCc3ccccc32)c1. The number of para-hydroxylation sites is 1. The number of benzene rings is 1. The number of aromatic nitrogens is 1. The molecule has 2 heterocycles. The fraction of sp³-hybridized carbons (Fsp3) is 0.353. The summed E-state index contributed by atoms with van der Waals surface area (Å²) in [4.78, 5) is 7.15. The molecule has 0 radical (unpaired) electrons. The molecular formula is C17H19N3. The Balaban J connectivity index is 1.57. The van der Waals surface area contributed by atoms with E-state index in [2.05, 4.69) is 52.7 Å². The Morgan fingerprint density at radius 3 is 2.90 bits per heavy atom. The summed E-state index contributed by atoms with van der Waals surface area (Å²) in [7, 11) is 0. The van der Waals surface area contributed by atoms with Crippen molar-refractivity contribution in [3.05, 3.63) is 53.7 Å². The van der Waals surface area contributed by atoms with Gasteiger partial charge >= 0.3 is 0 Å². The Bertz CT molecular complexity index is 619. The topological polar surface area (TPSA) is 28.2 Å². The molecule has 20 heavy (non-hydrogen) atoms. The first-order chi connectivity index (χ1) is 9.90. The molecule has 1 aliphatic heterocycles. The normalized spacial score (nSPS) is 17.3. The number of nitrogens with one attached hydrogen (secondary N) is 1. The summed E-state index contributed by atoms with van der Waals surface area (Å²) >= 11 is 0. The number of hydrogen-bond acceptors (Lipinski definition) is 3. The molecule has 3 heteroatoms. The predicted octanol–water partition coefficient (Wildman–Crippen LogP) is 3.03. The molecule has 3 nitrogen and oxygen atoms in total. The molecule has 4 rings (SSSR count). The van der Waals surface area contributed by atoms with Gasteiger partial charge in [-0.25, -0.2) is 4.98 Å². The Kier molecular flexibility index (Phi) is 2.92. The monoisotopic (exact) mass is 265 g/mol. The molecule has 102 valence electrons. The third-order valence-corrected chi connectivity index (χ3v) is 4.10. The number of rotatable bonds is 4. The van der Waals surface area contributed by atoms with Crippen molar-refractivity contribution in [3.63, 3.8) is 0 Å². The van der Waals surface area contributed by atoms with E-state index in [1.165, 1.54) is 24.1 Å². The lowest BCUT2D eigenvalue weighted by Gasteiger charge is -2.19. The third kappa shape index (κ3) is 2.29. The molecule has 1 N–H and O–H groups in total. The molecule has 0 spiro atoms. The summed E-state index contributed by atoms with van der Waals surface area (Å²) in [6, 6.07) is 15.7. The Hall–Kier alpha value is -1.87. The van der Waals surface area contributed by atoms with E-state index in [-0.39, 0.29) is 0 Å². The van der Waals surface area contributed by atoms with Gasteiger partial charge in [-0.3, -0.25) is 0 Å². The lowest BCUT2D eigenvalue weighted by atomic mass is 10.2. The third-order valence-electron chi connectivity index (χ3n) is 4.10. The minimum absolute atomic E-state index is 0.730. The van der Waals surface area contributed by atoms with Crippen molar-refractivity contribution in [2.45, 2.75) is 31.8 Å². The van der Waals surface area contributed by atoms with Gasteiger partial charge in [-0.15, -0.1) is 0 Å². The first-order valence-electron chi connectivity index (χ1n) is 7.45. The highest BCUT2D eigenvalue weighted by molar-refractivity contribution is 5.67. The minimum atomic E-state index is 0.730. The first-order valence-corrected chi connectivity index (χ1v) is 7.45. The highest BCUT2D eigenvalue weighted by Crippen LogP contribution is 2.33. The van der Waals surface area contributed by atoms with Crippen LogP contribution in [0.5, 0.6) is 0 Å². The van der Waals surface area contributed by atoms with E-state index in [0.29, 0.717) is 0 Å². The van der Waals surface area contributed by atoms with Crippen LogP contribution in [-0.4, -0.2) is 17.6 Å². The van der Waals surface area contributed by atoms with Gasteiger partial charge in [-0.05, 0) is 43.0 Å². The van der Waals surface area contributed by atoms with Crippen LogP contribution >= 0.6 is 0 Å². The van der Waals surface area contributed by atoms with Crippen LogP contribution in [0.2, 0.25) is 0 Å². The van der Waals surface area contributed by atoms with Crippen molar-refractivity contribution in [3.8, 4) is 0 Å². The number of nitrogens with zero attached hydrogens (tertiary/aromatic N) is 2. The van der Waals surface area contributed by atoms with Crippen LogP contribution in [0.4, 0.5) is 11.5 Å². The van der Waals surface area contributed by atoms with Crippen molar-refractivity contribution in [1.29, 1.82) is 0 Å². The molecule has 1 saturated carbocycles. The molecule has 2 aliphatic rings. The summed E-state index contributed by atoms with van der Waals surface area (Å²) in [5.74, 6) is 1.07. The van der Waals surface area contributed by atoms with Crippen LogP contribution in [0.3, 0.4) is 0 Å². The number of fused-ring (bicyclic) bond motifs is 1. The van der Waals surface area contributed by atoms with Crippen molar-refractivity contribution in [1.82, 2.24) is 10.3 Å². The number of anilines is 2. The van der Waals surface area contributed by atoms with Gasteiger partial charge in [0.1, 0.15) is 5.82 Å². The molecule has 1 aromatic heterocycles. The average Bonchev–Trinajstić information content (AvgIpc) is 3.23. The van der Waals surface area contributed by atoms with Crippen molar-refractivity contribution >= 4 is 11.5 Å². The molecule has 0 bridgehead atoms. The van der Waals surface area contributed by atoms with Gasteiger partial charge in [-0.1, -0.05) is 24.3 Å². The van der Waals surface area contributed by atoms with Crippen molar-refractivity contribution < 1.29 is 0 Å². The van der Waals surface area contributed by atoms with Gasteiger partial charge in [0.2, 0.25) is 0 Å². The number of pyridine rings is 1. The molecule has 0 saturated heterocycles. The molecular weight excluding hydrogens is 246 g/mol. The van der Waals surface area contributed by atoms with Gasteiger partial charge < -0.3 is 10.2 Å². The van der Waals surface area contributed by atoms with Crippen LogP contribution in [-0.2, 0) is 13.0 Å². The zero-order chi connectivity index (χ0) is 13.4. The van der Waals surface area contributed by atoms with Crippen molar-refractivity contribution in [2.75, 3.05) is 11.4 Å². The molecule has 2 aromatic rings. The van der Waals surface area contributed by atoms with E-state index >= 15 is 0 Å². The second-order valence-electron chi connectivity index (χ2n) is 5.67. The lowest BCUT2D eigenvalue weighted by molar-refractivity contribution is 0.674. The van der Waals surface area contributed by atoms with E-state index in [9.17, 15) is 0 Å². The average molecular weight is 265 g/mol. The van der Waals surface area contributed by atoms with Gasteiger partial charge in [0.05, 0.1) is 5.69 Å². The van der Waals surface area contributed by atoms with Crippen LogP contribution < -0.4 is 10.2 Å². The maximum absolute atomic E-state index is 4.82. The van der Waals surface area contributed by atoms with Gasteiger partial charge in [-0.2, -0.15) is 0 Å². The zero-order valence-corrected chi connectivity index (χ0v) is 11.5. The molecule has 1 fully saturated rings. The molecule has 0 amide bonds. The Morgan fingerprint density at radius 1 is 1.10 bits per heavy atom. The highest BCUT2D eigenvalue weighted by Gasteiger charge is 2.22. The summed E-state index contributed by atoms with van der Waals surface area (Å²) in [5.41, 5.74) is 3.88. The van der Waals surface area contributed by atoms with Crippen LogP contribution in [0, 0.1) is 0 Å². The standard InChI is InChI=1S/C17H19N3/c1-2-6-16-13(4-1)10-11-20(16)17-7-3-5-15(19-17)12-18-14-8-9-14/h1-7,14,18H,8-12H2. The fourth-order valence-electron chi connectivity index (χ4n) is 2.83. The van der Waals surface area contributed by atoms with Crippen LogP contribution in [0.25, 0.3) is 0 Å². The summed E-state index contributed by atoms with van der Waals surface area (Å²) in [6.45, 7) is 1.92. The van der Waals surface area contributed by atoms with E-state index in [1.54, 1.807) is 0 Å². The van der Waals surface area contributed by atoms with E-state index < -0.39 is 0 Å². The predicted molar refractivity (Wildman–Crippen MR) is 81.3 cm³/mol. The quantitative estimate of drug-likeness (QED) is 0.921. The Morgan fingerprint density at radius 2 is 2.00 bits per heavy atom. The summed E-state index contributed by atoms with van der Waals surface area (Å²) in [5, 5.41) is 3.53. The van der Waals surface area contributed by atoms with Crippen LogP contribution in [0.15, 0.2) is 42.5 Å². The maximum atomic E-state index is 4.82. The van der Waals surface area contributed by atoms with Gasteiger partial charge in [0.15, 0.2) is 0 Å². The second-order valence-corrected chi connectivity index (χ2v) is 5.67. The van der Waals surface area contributed by atoms with Crippen LogP contribution in [0.1, 0.15) is 24.1 Å². The first kappa shape index (κ1) is 11.9. The van der Waals surface area contributed by atoms with Gasteiger partial charge in [0.25, 0.3) is 0 Å². The van der Waals surface area contributed by atoms with E-state index in [0.717, 1.165) is 37.1 Å². The summed E-state index contributed by atoms with van der Waals surface area (Å²) in [6.07, 6.45) is 3.75. The zero-order valence-electron chi connectivity index (χ0n) is 11.5. The second kappa shape index (κ2) is 4.91. The maximum Gasteiger partial charge on any atom is 0.133 e. The van der Waals surface area contributed by atoms with Crippen molar-refractivity contribution in [2.24, 2.45) is 0 Å². The smallest absolute Gasteiger partial charge is 0.133 e. The lowest BCUT2D eigenvalue weighted by Crippen LogP contribution is -2.19. The van der Waals surface area contributed by atoms with E-state index in [1.807, 2.05) is 0 Å². The largest absolute Gasteiger partial charge is 0.326 e. The van der Waals surface area contributed by atoms with E-state index in [4.69, 9.17) is 4.98 Å². The summed E-state index contributed by atoms with van der Waals surface area (Å²) < 4.78 is 0. The highest BCUT2D eigenvalue weighted by atomic mass is 15.2. The number of hydrogen-bond donors (Lipinski definition) is 1. The minimum Gasteiger partial charge on any atom is -0.326 e. The fourth-order valence-corrected chi connectivity index (χ4v) is 2.83. The molecule has 0 atom stereocenters.